The van der Waals surface area contributed by atoms with Crippen LogP contribution in [0.2, 0.25) is 0 Å². The number of fused-ring (bicyclic) bond motifs is 2. The number of carbonyl (C=O) groups is 2. The zero-order chi connectivity index (χ0) is 50.4. The fraction of sp³-hybridized carbons (Fsp3) is 0.756. The van der Waals surface area contributed by atoms with Crippen molar-refractivity contribution >= 4 is 63.9 Å². The van der Waals surface area contributed by atoms with Gasteiger partial charge >= 0.3 is 11.9 Å². The van der Waals surface area contributed by atoms with Crippen LogP contribution in [-0.2, 0) is 36.9 Å². The van der Waals surface area contributed by atoms with Gasteiger partial charge in [0, 0.05) is 64.8 Å². The lowest BCUT2D eigenvalue weighted by Crippen LogP contribution is -2.60. The van der Waals surface area contributed by atoms with Crippen LogP contribution in [0.1, 0.15) is 37.6 Å². The number of carboxylic acids is 2. The second kappa shape index (κ2) is 27.4. The number of pyridine rings is 1. The Bertz CT molecular complexity index is 1760. The zero-order valence-corrected chi connectivity index (χ0v) is 40.6. The van der Waals surface area contributed by atoms with E-state index >= 15 is 0 Å². The van der Waals surface area contributed by atoms with E-state index < -0.39 is 91.5 Å². The van der Waals surface area contributed by atoms with Crippen molar-refractivity contribution in [3.63, 3.8) is 0 Å². The van der Waals surface area contributed by atoms with E-state index in [4.69, 9.17) is 55.8 Å². The number of aliphatic hydroxyl groups excluding tert-OH is 8. The van der Waals surface area contributed by atoms with Crippen LogP contribution in [0.3, 0.4) is 0 Å². The number of hydrogen-bond donors (Lipinski definition) is 16. The first kappa shape index (κ1) is 56.5. The molecule has 28 heteroatoms. The summed E-state index contributed by atoms with van der Waals surface area (Å²) in [6.45, 7) is 3.99. The van der Waals surface area contributed by atoms with Gasteiger partial charge in [-0.15, -0.1) is 0 Å². The largest absolute Gasteiger partial charge is 0.480 e. The van der Waals surface area contributed by atoms with Crippen molar-refractivity contribution in [2.24, 2.45) is 5.92 Å². The third-order valence-electron chi connectivity index (χ3n) is 12.4. The van der Waals surface area contributed by atoms with Gasteiger partial charge < -0.3 is 102 Å². The van der Waals surface area contributed by atoms with Gasteiger partial charge in [-0.25, -0.2) is 0 Å². The van der Waals surface area contributed by atoms with Crippen molar-refractivity contribution in [1.82, 2.24) is 51.6 Å². The van der Waals surface area contributed by atoms with E-state index in [0.29, 0.717) is 44.0 Å². The third kappa shape index (κ3) is 16.8. The lowest BCUT2D eigenvalue weighted by atomic mass is 9.97. The summed E-state index contributed by atoms with van der Waals surface area (Å²) in [6.07, 6.45) is -13.0. The van der Waals surface area contributed by atoms with E-state index in [1.54, 1.807) is 30.0 Å². The smallest absolute Gasteiger partial charge is 0.320 e. The topological polar surface area (TPSA) is 359 Å². The number of nitrogens with zero attached hydrogens (tertiary/aromatic N) is 4. The highest BCUT2D eigenvalue weighted by Gasteiger charge is 2.40. The van der Waals surface area contributed by atoms with Crippen molar-refractivity contribution < 1.29 is 74.9 Å². The molecule has 0 aromatic carbocycles. The van der Waals surface area contributed by atoms with Gasteiger partial charge in [0.25, 0.3) is 0 Å². The molecule has 1 aromatic heterocycles. The van der Waals surface area contributed by atoms with Gasteiger partial charge in [-0.05, 0) is 74.6 Å². The molecule has 4 aliphatic heterocycles. The molecule has 0 radical (unpaired) electrons. The van der Waals surface area contributed by atoms with Crippen molar-refractivity contribution in [1.29, 1.82) is 0 Å². The van der Waals surface area contributed by atoms with Gasteiger partial charge in [-0.3, -0.25) is 24.4 Å². The Balaban J connectivity index is 1.27. The van der Waals surface area contributed by atoms with Crippen molar-refractivity contribution in [3.05, 3.63) is 29.6 Å². The number of aliphatic carboxylic acids is 2. The molecule has 0 aliphatic carbocycles. The summed E-state index contributed by atoms with van der Waals surface area (Å²) in [7, 11) is 0. The van der Waals surface area contributed by atoms with E-state index in [1.807, 2.05) is 4.90 Å². The second-order valence-corrected chi connectivity index (χ2v) is 18.8. The standard InChI is InChI=1S/C41H68N10O15S3/c1-21-18-64-34(31(57)28(21)54)46-40(68)43-9-6-24(37(60)61)50-14-12-49(11-3-8-42-39(67)47-35-32(58)29(55)26(52)19-65-35)13-15-51(17-23-5-2-4-22(16-50)45-23)25(38(62)63)7-10-44-41(69)48-36-33(59)30(56)27(53)20-66-36/h2,4-5,21,24-36,52-59H,3,6-20H2,1H3,(H,60,61)(H,62,63)(H2,42,47,67)(H2,43,46,68)(H2,44,48,69)/t21-,24?,25?,26-,27-,28-,29-,30-,31+,32+,33+,34+,35+,36+/m1/s1. The maximum absolute atomic E-state index is 13.0. The molecular formula is C41H68N10O15S3. The molecular weight excluding hydrogens is 969 g/mol. The molecule has 16 N–H and O–H groups in total. The summed E-state index contributed by atoms with van der Waals surface area (Å²) in [5.41, 5.74) is 1.11. The van der Waals surface area contributed by atoms with Gasteiger partial charge in [-0.1, -0.05) is 13.0 Å². The third-order valence-corrected chi connectivity index (χ3v) is 13.2. The highest BCUT2D eigenvalue weighted by atomic mass is 32.1. The number of aliphatic hydroxyl groups is 8. The molecule has 2 unspecified atom stereocenters. The quantitative estimate of drug-likeness (QED) is 0.0510. The summed E-state index contributed by atoms with van der Waals surface area (Å²) in [5.74, 6) is -2.45. The minimum atomic E-state index is -1.47. The molecule has 5 heterocycles. The van der Waals surface area contributed by atoms with Crippen molar-refractivity contribution in [3.8, 4) is 0 Å². The SMILES string of the molecule is C[C@@H]1CO[C@H](NC(=S)NCCC(C(=O)O)N2CCN(CCCNC(=S)N[C@H]3OC[C@@H](O)[C@@H](O)[C@@H]3O)CCN(C(CCNC(=S)N[C@H]3OC[C@@H](O)[C@@H](O)[C@@H]3O)C(=O)O)Cc3cccc(n3)C2)[C@@H](O)[C@@H]1O. The highest BCUT2D eigenvalue weighted by Crippen LogP contribution is 2.20. The van der Waals surface area contributed by atoms with Crippen LogP contribution < -0.4 is 31.9 Å². The Kier molecular flexibility index (Phi) is 22.5. The van der Waals surface area contributed by atoms with Crippen LogP contribution in [0.4, 0.5) is 0 Å². The lowest BCUT2D eigenvalue weighted by molar-refractivity contribution is -0.190. The molecule has 4 aliphatic rings. The molecule has 69 heavy (non-hydrogen) atoms. The average molecular weight is 1040 g/mol. The minimum Gasteiger partial charge on any atom is -0.480 e. The predicted molar refractivity (Wildman–Crippen MR) is 256 cm³/mol. The first-order valence-electron chi connectivity index (χ1n) is 22.9. The molecule has 0 saturated carbocycles. The van der Waals surface area contributed by atoms with Crippen LogP contribution >= 0.6 is 36.7 Å². The molecule has 2 bridgehead atoms. The molecule has 3 fully saturated rings. The number of ether oxygens (including phenoxy) is 3. The van der Waals surface area contributed by atoms with E-state index in [2.05, 4.69) is 36.8 Å². The molecule has 0 spiro atoms. The van der Waals surface area contributed by atoms with E-state index in [1.165, 1.54) is 0 Å². The number of hydrogen-bond acceptors (Lipinski definition) is 20. The summed E-state index contributed by atoms with van der Waals surface area (Å²) >= 11 is 16.2. The summed E-state index contributed by atoms with van der Waals surface area (Å²) in [6, 6.07) is 3.28. The first-order valence-corrected chi connectivity index (χ1v) is 24.1. The molecule has 3 saturated heterocycles. The lowest BCUT2D eigenvalue weighted by Gasteiger charge is -2.37. The van der Waals surface area contributed by atoms with Crippen LogP contribution in [0.5, 0.6) is 0 Å². The van der Waals surface area contributed by atoms with Gasteiger partial charge in [-0.2, -0.15) is 0 Å². The Morgan fingerprint density at radius 3 is 1.46 bits per heavy atom. The van der Waals surface area contributed by atoms with E-state index in [0.717, 1.165) is 0 Å². The fourth-order valence-corrected chi connectivity index (χ4v) is 8.92. The predicted octanol–water partition coefficient (Wildman–Crippen LogP) is -5.94. The Labute approximate surface area is 415 Å². The molecule has 0 amide bonds. The number of carboxylic acid groups (broad SMARTS) is 2. The first-order chi connectivity index (χ1) is 32.8. The maximum Gasteiger partial charge on any atom is 0.320 e. The molecule has 5 rings (SSSR count). The number of aromatic nitrogens is 1. The monoisotopic (exact) mass is 1040 g/mol. The van der Waals surface area contributed by atoms with Crippen LogP contribution in [0.15, 0.2) is 18.2 Å². The van der Waals surface area contributed by atoms with Gasteiger partial charge in [0.15, 0.2) is 34.0 Å². The minimum absolute atomic E-state index is 0.0341. The summed E-state index contributed by atoms with van der Waals surface area (Å²) in [5, 5.41) is 120. The van der Waals surface area contributed by atoms with Crippen LogP contribution in [0.25, 0.3) is 0 Å². The number of rotatable bonds is 17. The Morgan fingerprint density at radius 2 is 1.03 bits per heavy atom. The maximum atomic E-state index is 13.0. The summed E-state index contributed by atoms with van der Waals surface area (Å²) in [4.78, 5) is 36.5. The number of nitrogens with one attached hydrogen (secondary N) is 6. The molecule has 390 valence electrons. The molecule has 1 aromatic rings. The summed E-state index contributed by atoms with van der Waals surface area (Å²) < 4.78 is 16.4. The second-order valence-electron chi connectivity index (χ2n) is 17.6. The Morgan fingerprint density at radius 1 is 0.623 bits per heavy atom. The average Bonchev–Trinajstić information content (AvgIpc) is 3.30. The van der Waals surface area contributed by atoms with E-state index in [9.17, 15) is 60.7 Å². The van der Waals surface area contributed by atoms with Gasteiger partial charge in [0.2, 0.25) is 0 Å². The van der Waals surface area contributed by atoms with Crippen LogP contribution in [-0.4, -0.2) is 250 Å². The molecule has 25 nitrogen and oxygen atoms in total. The van der Waals surface area contributed by atoms with Gasteiger partial charge in [0.05, 0.1) is 37.3 Å². The van der Waals surface area contributed by atoms with Crippen molar-refractivity contribution in [2.75, 3.05) is 72.2 Å². The zero-order valence-electron chi connectivity index (χ0n) is 38.2. The highest BCUT2D eigenvalue weighted by molar-refractivity contribution is 7.80. The Hall–Kier alpha value is -3.40. The molecule has 14 atom stereocenters. The number of thiocarbonyl (C=S) groups is 3. The fourth-order valence-electron chi connectivity index (χ4n) is 8.26. The van der Waals surface area contributed by atoms with Gasteiger partial charge in [0.1, 0.15) is 54.8 Å². The van der Waals surface area contributed by atoms with Crippen molar-refractivity contribution in [2.45, 2.75) is 119 Å². The van der Waals surface area contributed by atoms with Crippen LogP contribution in [0, 0.1) is 5.92 Å². The van der Waals surface area contributed by atoms with E-state index in [-0.39, 0.29) is 93.2 Å². The normalized spacial score (nSPS) is 31.7.